The van der Waals surface area contributed by atoms with Crippen LogP contribution in [0.5, 0.6) is 0 Å². The number of sulfonamides is 1. The van der Waals surface area contributed by atoms with Crippen molar-refractivity contribution in [2.24, 2.45) is 0 Å². The van der Waals surface area contributed by atoms with Crippen LogP contribution < -0.4 is 10.9 Å². The van der Waals surface area contributed by atoms with Crippen LogP contribution in [-0.2, 0) is 27.9 Å². The molecule has 8 nitrogen and oxygen atoms in total. The summed E-state index contributed by atoms with van der Waals surface area (Å²) in [5, 5.41) is 6.11. The van der Waals surface area contributed by atoms with Crippen LogP contribution in [0.4, 0.5) is 5.69 Å². The molecule has 1 aromatic heterocycles. The van der Waals surface area contributed by atoms with E-state index in [4.69, 9.17) is 23.2 Å². The SMILES string of the molecule is CN(Cc1ccccc1)S(=O)(=O)c1ccc(NC(=O)Cn2ncc(Cl)c(Cl)c2=O)cc1. The minimum absolute atomic E-state index is 0.00245. The van der Waals surface area contributed by atoms with Crippen molar-refractivity contribution in [1.29, 1.82) is 0 Å². The van der Waals surface area contributed by atoms with Crippen molar-refractivity contribution in [2.75, 3.05) is 12.4 Å². The van der Waals surface area contributed by atoms with Crippen molar-refractivity contribution in [3.05, 3.63) is 86.8 Å². The molecule has 0 saturated carbocycles. The van der Waals surface area contributed by atoms with Crippen molar-refractivity contribution in [3.8, 4) is 0 Å². The summed E-state index contributed by atoms with van der Waals surface area (Å²) in [6.07, 6.45) is 1.17. The Morgan fingerprint density at radius 2 is 1.74 bits per heavy atom. The molecule has 3 rings (SSSR count). The predicted molar refractivity (Wildman–Crippen MR) is 119 cm³/mol. The van der Waals surface area contributed by atoms with Gasteiger partial charge in [-0.1, -0.05) is 53.5 Å². The fraction of sp³-hybridized carbons (Fsp3) is 0.150. The number of amides is 1. The molecule has 1 heterocycles. The Kier molecular flexibility index (Phi) is 7.11. The molecule has 31 heavy (non-hydrogen) atoms. The first-order valence-corrected chi connectivity index (χ1v) is 11.2. The van der Waals surface area contributed by atoms with Gasteiger partial charge in [0.05, 0.1) is 16.1 Å². The summed E-state index contributed by atoms with van der Waals surface area (Å²) in [5.74, 6) is -0.537. The summed E-state index contributed by atoms with van der Waals surface area (Å²) in [4.78, 5) is 24.3. The van der Waals surface area contributed by atoms with Gasteiger partial charge in [-0.25, -0.2) is 13.1 Å². The number of hydrogen-bond donors (Lipinski definition) is 1. The zero-order valence-corrected chi connectivity index (χ0v) is 18.7. The molecule has 0 unspecified atom stereocenters. The summed E-state index contributed by atoms with van der Waals surface area (Å²) in [5.41, 5.74) is 0.540. The normalized spacial score (nSPS) is 11.5. The van der Waals surface area contributed by atoms with E-state index in [1.54, 1.807) is 0 Å². The lowest BCUT2D eigenvalue weighted by atomic mass is 10.2. The van der Waals surface area contributed by atoms with Crippen molar-refractivity contribution in [2.45, 2.75) is 18.0 Å². The third kappa shape index (κ3) is 5.50. The maximum atomic E-state index is 12.8. The van der Waals surface area contributed by atoms with E-state index in [0.717, 1.165) is 10.2 Å². The average molecular weight is 481 g/mol. The fourth-order valence-corrected chi connectivity index (χ4v) is 4.14. The summed E-state index contributed by atoms with van der Waals surface area (Å²) in [6.45, 7) is -0.150. The highest BCUT2D eigenvalue weighted by Gasteiger charge is 2.21. The summed E-state index contributed by atoms with van der Waals surface area (Å²) in [7, 11) is -2.21. The first-order chi connectivity index (χ1) is 14.7. The molecule has 2 aromatic carbocycles. The maximum Gasteiger partial charge on any atom is 0.287 e. The number of carbonyl (C=O) groups excluding carboxylic acids is 1. The summed E-state index contributed by atoms with van der Waals surface area (Å²) in [6, 6.07) is 15.0. The quantitative estimate of drug-likeness (QED) is 0.559. The number of nitrogens with zero attached hydrogens (tertiary/aromatic N) is 3. The number of hydrogen-bond acceptors (Lipinski definition) is 5. The van der Waals surface area contributed by atoms with Gasteiger partial charge in [0.2, 0.25) is 15.9 Å². The number of anilines is 1. The number of nitrogens with one attached hydrogen (secondary N) is 1. The molecule has 1 N–H and O–H groups in total. The van der Waals surface area contributed by atoms with E-state index in [1.165, 1.54) is 41.8 Å². The lowest BCUT2D eigenvalue weighted by Crippen LogP contribution is -2.30. The van der Waals surface area contributed by atoms with Crippen LogP contribution in [0.1, 0.15) is 5.56 Å². The molecule has 3 aromatic rings. The minimum Gasteiger partial charge on any atom is -0.324 e. The molecule has 0 spiro atoms. The Morgan fingerprint density at radius 3 is 2.39 bits per heavy atom. The molecule has 162 valence electrons. The van der Waals surface area contributed by atoms with E-state index in [9.17, 15) is 18.0 Å². The third-order valence-corrected chi connectivity index (χ3v) is 6.90. The first kappa shape index (κ1) is 23.0. The predicted octanol–water partition coefficient (Wildman–Crippen LogP) is 3.01. The van der Waals surface area contributed by atoms with Crippen molar-refractivity contribution < 1.29 is 13.2 Å². The maximum absolute atomic E-state index is 12.8. The van der Waals surface area contributed by atoms with Crippen LogP contribution in [0, 0.1) is 0 Å². The van der Waals surface area contributed by atoms with Gasteiger partial charge in [0.15, 0.2) is 0 Å². The van der Waals surface area contributed by atoms with Crippen molar-refractivity contribution >= 4 is 44.8 Å². The third-order valence-electron chi connectivity index (χ3n) is 4.33. The van der Waals surface area contributed by atoms with Crippen LogP contribution in [0.15, 0.2) is 70.5 Å². The summed E-state index contributed by atoms with van der Waals surface area (Å²) < 4.78 is 27.7. The largest absolute Gasteiger partial charge is 0.324 e. The molecule has 0 aliphatic rings. The molecule has 0 fully saturated rings. The Balaban J connectivity index is 1.67. The van der Waals surface area contributed by atoms with E-state index in [0.29, 0.717) is 5.69 Å². The molecule has 0 aliphatic heterocycles. The van der Waals surface area contributed by atoms with Gasteiger partial charge in [-0.05, 0) is 29.8 Å². The van der Waals surface area contributed by atoms with E-state index in [1.807, 2.05) is 30.3 Å². The second-order valence-corrected chi connectivity index (χ2v) is 9.42. The smallest absolute Gasteiger partial charge is 0.287 e. The molecule has 0 aliphatic carbocycles. The van der Waals surface area contributed by atoms with Gasteiger partial charge in [-0.2, -0.15) is 9.40 Å². The number of aromatic nitrogens is 2. The van der Waals surface area contributed by atoms with Crippen LogP contribution in [-0.4, -0.2) is 35.5 Å². The van der Waals surface area contributed by atoms with E-state index in [2.05, 4.69) is 10.4 Å². The highest BCUT2D eigenvalue weighted by atomic mass is 35.5. The van der Waals surface area contributed by atoms with E-state index in [-0.39, 0.29) is 28.0 Å². The van der Waals surface area contributed by atoms with Crippen molar-refractivity contribution in [3.63, 3.8) is 0 Å². The molecule has 1 amide bonds. The second kappa shape index (κ2) is 9.61. The molecular weight excluding hydrogens is 463 g/mol. The Hall–Kier alpha value is -2.72. The van der Waals surface area contributed by atoms with Gasteiger partial charge >= 0.3 is 0 Å². The number of carbonyl (C=O) groups is 1. The van der Waals surface area contributed by atoms with Gasteiger partial charge in [-0.15, -0.1) is 0 Å². The molecule has 0 radical (unpaired) electrons. The zero-order valence-electron chi connectivity index (χ0n) is 16.3. The zero-order chi connectivity index (χ0) is 22.6. The molecule has 0 saturated heterocycles. The average Bonchev–Trinajstić information content (AvgIpc) is 2.75. The minimum atomic E-state index is -3.71. The lowest BCUT2D eigenvalue weighted by Gasteiger charge is -2.17. The molecule has 0 bridgehead atoms. The van der Waals surface area contributed by atoms with Crippen molar-refractivity contribution in [1.82, 2.24) is 14.1 Å². The van der Waals surface area contributed by atoms with Crippen LogP contribution in [0.25, 0.3) is 0 Å². The number of benzene rings is 2. The van der Waals surface area contributed by atoms with Gasteiger partial charge in [0.25, 0.3) is 5.56 Å². The van der Waals surface area contributed by atoms with Crippen LogP contribution >= 0.6 is 23.2 Å². The fourth-order valence-electron chi connectivity index (χ4n) is 2.71. The van der Waals surface area contributed by atoms with Gasteiger partial charge < -0.3 is 5.32 Å². The van der Waals surface area contributed by atoms with Gasteiger partial charge in [0, 0.05) is 19.3 Å². The van der Waals surface area contributed by atoms with E-state index >= 15 is 0 Å². The Bertz CT molecular complexity index is 1250. The first-order valence-electron chi connectivity index (χ1n) is 9.00. The van der Waals surface area contributed by atoms with Crippen LogP contribution in [0.2, 0.25) is 10.0 Å². The summed E-state index contributed by atoms with van der Waals surface area (Å²) >= 11 is 11.5. The monoisotopic (exact) mass is 480 g/mol. The van der Waals surface area contributed by atoms with Crippen LogP contribution in [0.3, 0.4) is 0 Å². The Morgan fingerprint density at radius 1 is 1.10 bits per heavy atom. The van der Waals surface area contributed by atoms with Gasteiger partial charge in [0.1, 0.15) is 11.6 Å². The molecule has 0 atom stereocenters. The Labute approximate surface area is 189 Å². The van der Waals surface area contributed by atoms with Gasteiger partial charge in [-0.3, -0.25) is 9.59 Å². The highest BCUT2D eigenvalue weighted by molar-refractivity contribution is 7.89. The number of rotatable bonds is 7. The number of halogens is 2. The molecule has 11 heteroatoms. The second-order valence-electron chi connectivity index (χ2n) is 6.59. The standard InChI is InChI=1S/C20H18Cl2N4O4S/c1-25(12-14-5-3-2-4-6-14)31(29,30)16-9-7-15(8-10-16)24-18(27)13-26-20(28)19(22)17(21)11-23-26/h2-11H,12-13H2,1H3,(H,24,27). The topological polar surface area (TPSA) is 101 Å². The highest BCUT2D eigenvalue weighted by Crippen LogP contribution is 2.19. The van der Waals surface area contributed by atoms with E-state index < -0.39 is 21.5 Å². The lowest BCUT2D eigenvalue weighted by molar-refractivity contribution is -0.117. The molecular formula is C20H18Cl2N4O4S.